The molecular formula is C15H20N2O2. The Balaban J connectivity index is 2.09. The summed E-state index contributed by atoms with van der Waals surface area (Å²) in [4.78, 5) is 25.9. The van der Waals surface area contributed by atoms with Gasteiger partial charge in [0.1, 0.15) is 11.6 Å². The molecule has 19 heavy (non-hydrogen) atoms. The smallest absolute Gasteiger partial charge is 0.248 e. The van der Waals surface area contributed by atoms with Gasteiger partial charge in [0, 0.05) is 6.54 Å². The van der Waals surface area contributed by atoms with Crippen LogP contribution in [0.5, 0.6) is 0 Å². The summed E-state index contributed by atoms with van der Waals surface area (Å²) in [6.07, 6.45) is 0.764. The minimum Gasteiger partial charge on any atom is -0.340 e. The number of piperazine rings is 1. The largest absolute Gasteiger partial charge is 0.340 e. The van der Waals surface area contributed by atoms with Crippen LogP contribution in [0.3, 0.4) is 0 Å². The molecule has 0 aliphatic carbocycles. The third-order valence-electron chi connectivity index (χ3n) is 3.56. The van der Waals surface area contributed by atoms with Crippen LogP contribution in [0, 0.1) is 0 Å². The van der Waals surface area contributed by atoms with Gasteiger partial charge in [-0.25, -0.2) is 0 Å². The number of nitrogens with one attached hydrogen (secondary N) is 1. The van der Waals surface area contributed by atoms with Gasteiger partial charge < -0.3 is 10.2 Å². The van der Waals surface area contributed by atoms with Gasteiger partial charge in [0.25, 0.3) is 0 Å². The van der Waals surface area contributed by atoms with Crippen LogP contribution in [0.25, 0.3) is 0 Å². The minimum atomic E-state index is -0.805. The van der Waals surface area contributed by atoms with Gasteiger partial charge in [-0.1, -0.05) is 30.3 Å². The molecule has 1 saturated heterocycles. The van der Waals surface area contributed by atoms with Crippen molar-refractivity contribution in [2.24, 2.45) is 0 Å². The van der Waals surface area contributed by atoms with Gasteiger partial charge in [-0.3, -0.25) is 9.59 Å². The second-order valence-corrected chi connectivity index (χ2v) is 5.52. The van der Waals surface area contributed by atoms with Crippen molar-refractivity contribution in [3.8, 4) is 0 Å². The highest BCUT2D eigenvalue weighted by Gasteiger charge is 2.42. The lowest BCUT2D eigenvalue weighted by Crippen LogP contribution is -2.67. The monoisotopic (exact) mass is 260 g/mol. The first kappa shape index (κ1) is 13.6. The Morgan fingerprint density at radius 1 is 1.21 bits per heavy atom. The van der Waals surface area contributed by atoms with Crippen LogP contribution < -0.4 is 5.32 Å². The lowest BCUT2D eigenvalue weighted by molar-refractivity contribution is -0.152. The van der Waals surface area contributed by atoms with Crippen molar-refractivity contribution in [3.63, 3.8) is 0 Å². The fourth-order valence-electron chi connectivity index (χ4n) is 2.33. The molecule has 1 aromatic carbocycles. The van der Waals surface area contributed by atoms with E-state index in [0.717, 1.165) is 6.42 Å². The highest BCUT2D eigenvalue weighted by atomic mass is 16.2. The zero-order valence-electron chi connectivity index (χ0n) is 11.6. The number of hydrogen-bond acceptors (Lipinski definition) is 2. The molecule has 1 aliphatic rings. The van der Waals surface area contributed by atoms with Gasteiger partial charge in [0.05, 0.1) is 0 Å². The van der Waals surface area contributed by atoms with Crippen LogP contribution >= 0.6 is 0 Å². The van der Waals surface area contributed by atoms with E-state index in [1.54, 1.807) is 25.7 Å². The zero-order valence-corrected chi connectivity index (χ0v) is 11.6. The first-order chi connectivity index (χ1) is 8.92. The van der Waals surface area contributed by atoms with Gasteiger partial charge in [-0.2, -0.15) is 0 Å². The van der Waals surface area contributed by atoms with E-state index in [1.165, 1.54) is 5.56 Å². The van der Waals surface area contributed by atoms with Gasteiger partial charge in [0.2, 0.25) is 11.8 Å². The zero-order chi connectivity index (χ0) is 14.0. The Kier molecular flexibility index (Phi) is 3.60. The molecule has 102 valence electrons. The fourth-order valence-corrected chi connectivity index (χ4v) is 2.33. The Morgan fingerprint density at radius 2 is 1.84 bits per heavy atom. The Morgan fingerprint density at radius 3 is 2.47 bits per heavy atom. The molecule has 1 aromatic rings. The van der Waals surface area contributed by atoms with E-state index < -0.39 is 11.6 Å². The summed E-state index contributed by atoms with van der Waals surface area (Å²) in [6.45, 7) is 5.83. The number of nitrogens with zero attached hydrogens (tertiary/aromatic N) is 1. The Hall–Kier alpha value is -1.84. The maximum absolute atomic E-state index is 12.3. The standard InChI is InChI=1S/C15H20N2O2/c1-11-13(18)16-15(2,3)14(19)17(11)10-9-12-7-5-4-6-8-12/h4-8,11H,9-10H2,1-3H3,(H,16,18). The molecule has 0 aromatic heterocycles. The van der Waals surface area contributed by atoms with Crippen LogP contribution in [-0.4, -0.2) is 34.8 Å². The molecule has 0 saturated carbocycles. The van der Waals surface area contributed by atoms with Crippen LogP contribution in [0.2, 0.25) is 0 Å². The molecular weight excluding hydrogens is 240 g/mol. The molecule has 1 atom stereocenters. The van der Waals surface area contributed by atoms with E-state index in [1.807, 2.05) is 30.3 Å². The van der Waals surface area contributed by atoms with E-state index in [0.29, 0.717) is 6.54 Å². The van der Waals surface area contributed by atoms with Crippen molar-refractivity contribution in [1.82, 2.24) is 10.2 Å². The van der Waals surface area contributed by atoms with Gasteiger partial charge in [-0.15, -0.1) is 0 Å². The molecule has 1 aliphatic heterocycles. The first-order valence-corrected chi connectivity index (χ1v) is 6.59. The summed E-state index contributed by atoms with van der Waals surface area (Å²) >= 11 is 0. The lowest BCUT2D eigenvalue weighted by atomic mass is 9.97. The number of carbonyl (C=O) groups excluding carboxylic acids is 2. The lowest BCUT2D eigenvalue weighted by Gasteiger charge is -2.41. The summed E-state index contributed by atoms with van der Waals surface area (Å²) < 4.78 is 0. The summed E-state index contributed by atoms with van der Waals surface area (Å²) in [7, 11) is 0. The molecule has 0 radical (unpaired) electrons. The quantitative estimate of drug-likeness (QED) is 0.892. The molecule has 4 heteroatoms. The molecule has 1 N–H and O–H groups in total. The topological polar surface area (TPSA) is 49.4 Å². The summed E-state index contributed by atoms with van der Waals surface area (Å²) in [5, 5.41) is 2.75. The van der Waals surface area contributed by atoms with Gasteiger partial charge >= 0.3 is 0 Å². The summed E-state index contributed by atoms with van der Waals surface area (Å²) in [5.41, 5.74) is 0.367. The maximum atomic E-state index is 12.3. The molecule has 1 heterocycles. The van der Waals surface area contributed by atoms with Crippen molar-refractivity contribution in [2.45, 2.75) is 38.8 Å². The van der Waals surface area contributed by atoms with E-state index in [2.05, 4.69) is 5.32 Å². The number of carbonyl (C=O) groups is 2. The summed E-state index contributed by atoms with van der Waals surface area (Å²) in [6, 6.07) is 9.59. The molecule has 2 rings (SSSR count). The second-order valence-electron chi connectivity index (χ2n) is 5.52. The summed E-state index contributed by atoms with van der Waals surface area (Å²) in [5.74, 6) is -0.104. The van der Waals surface area contributed by atoms with Crippen LogP contribution in [0.15, 0.2) is 30.3 Å². The maximum Gasteiger partial charge on any atom is 0.248 e. The third-order valence-corrected chi connectivity index (χ3v) is 3.56. The first-order valence-electron chi connectivity index (χ1n) is 6.59. The molecule has 2 amide bonds. The average molecular weight is 260 g/mol. The Bertz CT molecular complexity index is 482. The second kappa shape index (κ2) is 5.03. The third kappa shape index (κ3) is 2.78. The SMILES string of the molecule is CC1C(=O)NC(C)(C)C(=O)N1CCc1ccccc1. The average Bonchev–Trinajstić information content (AvgIpc) is 2.37. The van der Waals surface area contributed by atoms with Crippen molar-refractivity contribution in [2.75, 3.05) is 6.54 Å². The van der Waals surface area contributed by atoms with Gasteiger partial charge in [-0.05, 0) is 32.8 Å². The van der Waals surface area contributed by atoms with Crippen LogP contribution in [0.4, 0.5) is 0 Å². The highest BCUT2D eigenvalue weighted by molar-refractivity contribution is 5.99. The molecule has 0 bridgehead atoms. The number of benzene rings is 1. The van der Waals surface area contributed by atoms with E-state index in [9.17, 15) is 9.59 Å². The van der Waals surface area contributed by atoms with Crippen LogP contribution in [-0.2, 0) is 16.0 Å². The van der Waals surface area contributed by atoms with E-state index in [4.69, 9.17) is 0 Å². The van der Waals surface area contributed by atoms with Crippen molar-refractivity contribution in [3.05, 3.63) is 35.9 Å². The van der Waals surface area contributed by atoms with E-state index >= 15 is 0 Å². The number of hydrogen-bond donors (Lipinski definition) is 1. The normalized spacial score (nSPS) is 22.3. The van der Waals surface area contributed by atoms with Crippen molar-refractivity contribution >= 4 is 11.8 Å². The predicted molar refractivity (Wildman–Crippen MR) is 73.5 cm³/mol. The molecule has 1 unspecified atom stereocenters. The van der Waals surface area contributed by atoms with Gasteiger partial charge in [0.15, 0.2) is 0 Å². The minimum absolute atomic E-state index is 0.0180. The highest BCUT2D eigenvalue weighted by Crippen LogP contribution is 2.18. The number of rotatable bonds is 3. The predicted octanol–water partition coefficient (Wildman–Crippen LogP) is 1.35. The Labute approximate surface area is 113 Å². The molecule has 0 spiro atoms. The van der Waals surface area contributed by atoms with Crippen molar-refractivity contribution in [1.29, 1.82) is 0 Å². The van der Waals surface area contributed by atoms with Crippen molar-refractivity contribution < 1.29 is 9.59 Å². The fraction of sp³-hybridized carbons (Fsp3) is 0.467. The molecule has 1 fully saturated rings. The molecule has 4 nitrogen and oxygen atoms in total. The van der Waals surface area contributed by atoms with E-state index in [-0.39, 0.29) is 11.8 Å². The van der Waals surface area contributed by atoms with Crippen LogP contribution in [0.1, 0.15) is 26.3 Å². The number of amides is 2.